The van der Waals surface area contributed by atoms with Crippen molar-refractivity contribution in [1.29, 1.82) is 0 Å². The molecule has 0 bridgehead atoms. The molecule has 0 radical (unpaired) electrons. The van der Waals surface area contributed by atoms with Crippen molar-refractivity contribution in [3.8, 4) is 0 Å². The van der Waals surface area contributed by atoms with E-state index in [0.29, 0.717) is 17.1 Å². The number of nitrogens with zero attached hydrogens (tertiary/aromatic N) is 1. The summed E-state index contributed by atoms with van der Waals surface area (Å²) < 4.78 is 5.51. The Morgan fingerprint density at radius 2 is 2.32 bits per heavy atom. The lowest BCUT2D eigenvalue weighted by molar-refractivity contribution is -0.127. The van der Waals surface area contributed by atoms with Crippen molar-refractivity contribution in [3.05, 3.63) is 0 Å². The summed E-state index contributed by atoms with van der Waals surface area (Å²) in [5, 5.41) is 7.03. The third-order valence-electron chi connectivity index (χ3n) is 3.58. The van der Waals surface area contributed by atoms with Gasteiger partial charge in [-0.3, -0.25) is 4.79 Å². The van der Waals surface area contributed by atoms with Gasteiger partial charge in [0.15, 0.2) is 5.11 Å². The number of thiocarbonyl (C=S) groups is 1. The van der Waals surface area contributed by atoms with Gasteiger partial charge in [-0.05, 0) is 37.9 Å². The van der Waals surface area contributed by atoms with E-state index >= 15 is 0 Å². The Hall–Kier alpha value is -0.880. The maximum atomic E-state index is 11.4. The van der Waals surface area contributed by atoms with E-state index in [1.165, 1.54) is 0 Å². The molecule has 0 saturated carbocycles. The van der Waals surface area contributed by atoms with E-state index in [9.17, 15) is 4.79 Å². The standard InChI is InChI=1S/C13H23N3O2S/c17-12-5-1-7-16(12)8-3-6-14-13(19)15-10-11-4-2-9-18-11/h11H,1-10H2,(H2,14,15,19). The van der Waals surface area contributed by atoms with E-state index in [1.807, 2.05) is 4.90 Å². The number of nitrogens with one attached hydrogen (secondary N) is 2. The third kappa shape index (κ3) is 4.95. The van der Waals surface area contributed by atoms with Crippen LogP contribution in [-0.2, 0) is 9.53 Å². The van der Waals surface area contributed by atoms with Gasteiger partial charge in [0, 0.05) is 39.2 Å². The molecule has 0 aromatic rings. The molecular weight excluding hydrogens is 262 g/mol. The minimum atomic E-state index is 0.291. The molecule has 6 heteroatoms. The number of hydrogen-bond acceptors (Lipinski definition) is 3. The first-order chi connectivity index (χ1) is 9.25. The van der Waals surface area contributed by atoms with Gasteiger partial charge in [0.1, 0.15) is 0 Å². The second kappa shape index (κ2) is 7.65. The third-order valence-corrected chi connectivity index (χ3v) is 3.86. The molecule has 19 heavy (non-hydrogen) atoms. The highest BCUT2D eigenvalue weighted by atomic mass is 32.1. The molecule has 2 aliphatic rings. The van der Waals surface area contributed by atoms with E-state index in [2.05, 4.69) is 10.6 Å². The maximum absolute atomic E-state index is 11.4. The summed E-state index contributed by atoms with van der Waals surface area (Å²) in [6, 6.07) is 0. The maximum Gasteiger partial charge on any atom is 0.222 e. The zero-order valence-corrected chi connectivity index (χ0v) is 12.1. The Morgan fingerprint density at radius 1 is 1.42 bits per heavy atom. The van der Waals surface area contributed by atoms with Crippen LogP contribution in [0.1, 0.15) is 32.1 Å². The van der Waals surface area contributed by atoms with Crippen LogP contribution >= 0.6 is 12.2 Å². The van der Waals surface area contributed by atoms with Gasteiger partial charge in [-0.25, -0.2) is 0 Å². The Bertz CT molecular complexity index is 319. The lowest BCUT2D eigenvalue weighted by atomic mass is 10.2. The molecule has 0 spiro atoms. The fraction of sp³-hybridized carbons (Fsp3) is 0.846. The molecule has 0 aromatic heterocycles. The molecule has 0 aliphatic carbocycles. The molecule has 2 rings (SSSR count). The van der Waals surface area contributed by atoms with Gasteiger partial charge < -0.3 is 20.3 Å². The summed E-state index contributed by atoms with van der Waals surface area (Å²) >= 11 is 5.20. The van der Waals surface area contributed by atoms with Gasteiger partial charge in [0.05, 0.1) is 6.10 Å². The first kappa shape index (κ1) is 14.5. The van der Waals surface area contributed by atoms with E-state index in [-0.39, 0.29) is 0 Å². The quantitative estimate of drug-likeness (QED) is 0.554. The number of amides is 1. The summed E-state index contributed by atoms with van der Waals surface area (Å²) in [4.78, 5) is 13.3. The molecule has 108 valence electrons. The zero-order valence-electron chi connectivity index (χ0n) is 11.3. The van der Waals surface area contributed by atoms with Crippen LogP contribution in [0.25, 0.3) is 0 Å². The fourth-order valence-electron chi connectivity index (χ4n) is 2.49. The smallest absolute Gasteiger partial charge is 0.222 e. The fourth-order valence-corrected chi connectivity index (χ4v) is 2.67. The van der Waals surface area contributed by atoms with Crippen molar-refractivity contribution in [3.63, 3.8) is 0 Å². The molecule has 1 unspecified atom stereocenters. The van der Waals surface area contributed by atoms with Gasteiger partial charge in [-0.2, -0.15) is 0 Å². The lowest BCUT2D eigenvalue weighted by Gasteiger charge is -2.17. The van der Waals surface area contributed by atoms with Crippen LogP contribution in [0.15, 0.2) is 0 Å². The monoisotopic (exact) mass is 285 g/mol. The van der Waals surface area contributed by atoms with E-state index < -0.39 is 0 Å². The highest BCUT2D eigenvalue weighted by molar-refractivity contribution is 7.80. The number of carbonyl (C=O) groups is 1. The predicted molar refractivity (Wildman–Crippen MR) is 78.0 cm³/mol. The van der Waals surface area contributed by atoms with Gasteiger partial charge in [0.2, 0.25) is 5.91 Å². The van der Waals surface area contributed by atoms with Crippen LogP contribution in [-0.4, -0.2) is 54.8 Å². The number of rotatable bonds is 6. The summed E-state index contributed by atoms with van der Waals surface area (Å²) in [5.41, 5.74) is 0. The molecule has 5 nitrogen and oxygen atoms in total. The van der Waals surface area contributed by atoms with E-state index in [0.717, 1.165) is 64.9 Å². The van der Waals surface area contributed by atoms with Crippen molar-refractivity contribution in [2.75, 3.05) is 32.8 Å². The Kier molecular flexibility index (Phi) is 5.85. The second-order valence-electron chi connectivity index (χ2n) is 5.11. The number of carbonyl (C=O) groups excluding carboxylic acids is 1. The van der Waals surface area contributed by atoms with Gasteiger partial charge in [0.25, 0.3) is 0 Å². The minimum Gasteiger partial charge on any atom is -0.376 e. The van der Waals surface area contributed by atoms with Crippen LogP contribution in [0.5, 0.6) is 0 Å². The molecule has 2 N–H and O–H groups in total. The molecule has 2 heterocycles. The Morgan fingerprint density at radius 3 is 3.00 bits per heavy atom. The normalized spacial score (nSPS) is 22.8. The van der Waals surface area contributed by atoms with Gasteiger partial charge in [-0.1, -0.05) is 0 Å². The summed E-state index contributed by atoms with van der Waals surface area (Å²) in [5.74, 6) is 0.291. The molecule has 0 aromatic carbocycles. The van der Waals surface area contributed by atoms with E-state index in [4.69, 9.17) is 17.0 Å². The Balaban J connectivity index is 1.48. The van der Waals surface area contributed by atoms with Crippen LogP contribution in [0.2, 0.25) is 0 Å². The van der Waals surface area contributed by atoms with Crippen LogP contribution in [0, 0.1) is 0 Å². The lowest BCUT2D eigenvalue weighted by Crippen LogP contribution is -2.40. The number of ether oxygens (including phenoxy) is 1. The van der Waals surface area contributed by atoms with Gasteiger partial charge >= 0.3 is 0 Å². The largest absolute Gasteiger partial charge is 0.376 e. The highest BCUT2D eigenvalue weighted by Gasteiger charge is 2.19. The Labute approximate surface area is 120 Å². The summed E-state index contributed by atoms with van der Waals surface area (Å²) in [7, 11) is 0. The molecular formula is C13H23N3O2S. The zero-order chi connectivity index (χ0) is 13.5. The second-order valence-corrected chi connectivity index (χ2v) is 5.52. The van der Waals surface area contributed by atoms with Crippen molar-refractivity contribution in [1.82, 2.24) is 15.5 Å². The topological polar surface area (TPSA) is 53.6 Å². The average molecular weight is 285 g/mol. The number of likely N-dealkylation sites (tertiary alicyclic amines) is 1. The van der Waals surface area contributed by atoms with Crippen molar-refractivity contribution in [2.45, 2.75) is 38.2 Å². The molecule has 1 atom stereocenters. The van der Waals surface area contributed by atoms with Crippen molar-refractivity contribution < 1.29 is 9.53 Å². The van der Waals surface area contributed by atoms with Crippen LogP contribution in [0.4, 0.5) is 0 Å². The summed E-state index contributed by atoms with van der Waals surface area (Å²) in [6.07, 6.45) is 5.24. The van der Waals surface area contributed by atoms with E-state index in [1.54, 1.807) is 0 Å². The predicted octanol–water partition coefficient (Wildman–Crippen LogP) is 0.642. The molecule has 2 fully saturated rings. The van der Waals surface area contributed by atoms with Crippen molar-refractivity contribution in [2.24, 2.45) is 0 Å². The SMILES string of the molecule is O=C1CCCN1CCCNC(=S)NCC1CCCO1. The average Bonchev–Trinajstić information content (AvgIpc) is 3.04. The number of hydrogen-bond donors (Lipinski definition) is 2. The molecule has 2 aliphatic heterocycles. The first-order valence-electron chi connectivity index (χ1n) is 7.17. The van der Waals surface area contributed by atoms with Crippen LogP contribution in [0.3, 0.4) is 0 Å². The van der Waals surface area contributed by atoms with Gasteiger partial charge in [-0.15, -0.1) is 0 Å². The summed E-state index contributed by atoms with van der Waals surface area (Å²) in [6.45, 7) is 4.22. The molecule has 1 amide bonds. The molecule has 2 saturated heterocycles. The first-order valence-corrected chi connectivity index (χ1v) is 7.57. The highest BCUT2D eigenvalue weighted by Crippen LogP contribution is 2.10. The minimum absolute atomic E-state index is 0.291. The van der Waals surface area contributed by atoms with Crippen LogP contribution < -0.4 is 10.6 Å². The van der Waals surface area contributed by atoms with Crippen molar-refractivity contribution >= 4 is 23.2 Å².